The van der Waals surface area contributed by atoms with Crippen LogP contribution in [0.15, 0.2) is 36.5 Å². The van der Waals surface area contributed by atoms with Crippen molar-refractivity contribution in [3.8, 4) is 5.75 Å². The summed E-state index contributed by atoms with van der Waals surface area (Å²) in [7, 11) is 0. The fourth-order valence-electron chi connectivity index (χ4n) is 1.46. The topological polar surface area (TPSA) is 131 Å². The van der Waals surface area contributed by atoms with Gasteiger partial charge < -0.3 is 10.4 Å². The van der Waals surface area contributed by atoms with E-state index in [0.717, 1.165) is 12.3 Å². The lowest BCUT2D eigenvalue weighted by atomic mass is 10.3. The molecule has 9 nitrogen and oxygen atoms in total. The number of hydrogen-bond donors (Lipinski definition) is 2. The van der Waals surface area contributed by atoms with Gasteiger partial charge in [0.05, 0.1) is 15.9 Å². The number of phenolic OH excluding ortho intramolecular Hbond substituents is 1. The molecule has 0 aliphatic carbocycles. The second-order valence-electron chi connectivity index (χ2n) is 3.75. The summed E-state index contributed by atoms with van der Waals surface area (Å²) < 4.78 is 0. The van der Waals surface area contributed by atoms with Crippen molar-refractivity contribution in [3.05, 3.63) is 56.8 Å². The first kappa shape index (κ1) is 13.2. The zero-order valence-electron chi connectivity index (χ0n) is 9.89. The average molecular weight is 276 g/mol. The monoisotopic (exact) mass is 276 g/mol. The Labute approximate surface area is 111 Å². The molecule has 2 rings (SSSR count). The van der Waals surface area contributed by atoms with Gasteiger partial charge in [0, 0.05) is 5.69 Å². The van der Waals surface area contributed by atoms with Crippen LogP contribution in [0.4, 0.5) is 22.9 Å². The fourth-order valence-corrected chi connectivity index (χ4v) is 1.46. The highest BCUT2D eigenvalue weighted by Gasteiger charge is 2.21. The average Bonchev–Trinajstić information content (AvgIpc) is 2.41. The van der Waals surface area contributed by atoms with Crippen LogP contribution in [-0.4, -0.2) is 19.9 Å². The lowest BCUT2D eigenvalue weighted by molar-refractivity contribution is -0.394. The van der Waals surface area contributed by atoms with E-state index in [2.05, 4.69) is 10.3 Å². The summed E-state index contributed by atoms with van der Waals surface area (Å²) in [5.41, 5.74) is -0.521. The molecule has 20 heavy (non-hydrogen) atoms. The highest BCUT2D eigenvalue weighted by Crippen LogP contribution is 2.29. The van der Waals surface area contributed by atoms with Gasteiger partial charge in [0.2, 0.25) is 5.82 Å². The van der Waals surface area contributed by atoms with E-state index in [1.54, 1.807) is 0 Å². The van der Waals surface area contributed by atoms with Gasteiger partial charge in [-0.25, -0.2) is 4.98 Å². The Morgan fingerprint density at radius 1 is 1.10 bits per heavy atom. The summed E-state index contributed by atoms with van der Waals surface area (Å²) in [5.74, 6) is -0.0759. The maximum absolute atomic E-state index is 10.9. The van der Waals surface area contributed by atoms with Crippen LogP contribution in [0, 0.1) is 20.2 Å². The molecule has 2 aromatic rings. The summed E-state index contributed by atoms with van der Waals surface area (Å²) in [6.07, 6.45) is 0.926. The maximum atomic E-state index is 10.9. The number of hydrogen-bond acceptors (Lipinski definition) is 7. The zero-order valence-corrected chi connectivity index (χ0v) is 9.89. The number of benzene rings is 1. The molecule has 0 unspecified atom stereocenters. The number of phenols is 1. The van der Waals surface area contributed by atoms with Gasteiger partial charge in [0.25, 0.3) is 5.69 Å². The molecule has 0 aliphatic rings. The lowest BCUT2D eigenvalue weighted by Gasteiger charge is -2.05. The van der Waals surface area contributed by atoms with Crippen LogP contribution >= 0.6 is 0 Å². The Morgan fingerprint density at radius 3 is 2.30 bits per heavy atom. The smallest absolute Gasteiger partial charge is 0.318 e. The van der Waals surface area contributed by atoms with Crippen LogP contribution in [-0.2, 0) is 0 Å². The summed E-state index contributed by atoms with van der Waals surface area (Å²) in [5, 5.41) is 33.3. The quantitative estimate of drug-likeness (QED) is 0.497. The second-order valence-corrected chi connectivity index (χ2v) is 3.75. The van der Waals surface area contributed by atoms with E-state index in [1.165, 1.54) is 24.3 Å². The van der Waals surface area contributed by atoms with Crippen molar-refractivity contribution in [2.24, 2.45) is 0 Å². The van der Waals surface area contributed by atoms with Crippen LogP contribution < -0.4 is 5.32 Å². The number of anilines is 2. The molecule has 1 aromatic carbocycles. The molecule has 1 aromatic heterocycles. The predicted octanol–water partition coefficient (Wildman–Crippen LogP) is 2.35. The summed E-state index contributed by atoms with van der Waals surface area (Å²) in [4.78, 5) is 23.6. The van der Waals surface area contributed by atoms with E-state index in [-0.39, 0.29) is 11.6 Å². The van der Waals surface area contributed by atoms with Crippen molar-refractivity contribution >= 4 is 22.9 Å². The Hall–Kier alpha value is -3.23. The van der Waals surface area contributed by atoms with Crippen molar-refractivity contribution in [1.82, 2.24) is 4.98 Å². The first-order chi connectivity index (χ1) is 9.47. The predicted molar refractivity (Wildman–Crippen MR) is 68.9 cm³/mol. The van der Waals surface area contributed by atoms with E-state index in [0.29, 0.717) is 5.69 Å². The first-order valence-corrected chi connectivity index (χ1v) is 5.32. The Morgan fingerprint density at radius 2 is 1.75 bits per heavy atom. The molecule has 0 aliphatic heterocycles. The summed E-state index contributed by atoms with van der Waals surface area (Å²) in [6.45, 7) is 0. The molecule has 0 amide bonds. The van der Waals surface area contributed by atoms with Gasteiger partial charge in [-0.1, -0.05) is 0 Å². The third kappa shape index (κ3) is 2.77. The molecule has 0 atom stereocenters. The number of nitro groups is 2. The minimum absolute atomic E-state index is 0.0432. The van der Waals surface area contributed by atoms with E-state index in [4.69, 9.17) is 5.11 Å². The largest absolute Gasteiger partial charge is 0.508 e. The molecule has 0 spiro atoms. The molecule has 2 N–H and O–H groups in total. The van der Waals surface area contributed by atoms with Crippen molar-refractivity contribution in [2.45, 2.75) is 0 Å². The highest BCUT2D eigenvalue weighted by molar-refractivity contribution is 5.67. The van der Waals surface area contributed by atoms with Crippen molar-refractivity contribution < 1.29 is 15.0 Å². The molecule has 1 heterocycles. The third-order valence-corrected chi connectivity index (χ3v) is 2.39. The van der Waals surface area contributed by atoms with Gasteiger partial charge in [-0.15, -0.1) is 0 Å². The SMILES string of the molecule is O=[N+]([O-])c1cnc(Nc2ccc(O)cc2)c([N+](=O)[O-])c1. The van der Waals surface area contributed by atoms with Gasteiger partial charge in [-0.2, -0.15) is 0 Å². The van der Waals surface area contributed by atoms with Crippen molar-refractivity contribution in [1.29, 1.82) is 0 Å². The van der Waals surface area contributed by atoms with Crippen LogP contribution in [0.2, 0.25) is 0 Å². The number of nitrogens with zero attached hydrogens (tertiary/aromatic N) is 3. The van der Waals surface area contributed by atoms with E-state index >= 15 is 0 Å². The molecule has 9 heteroatoms. The Kier molecular flexibility index (Phi) is 3.42. The Bertz CT molecular complexity index is 671. The standard InChI is InChI=1S/C11H8N4O5/c16-9-3-1-7(2-4-9)13-11-10(15(19)20)5-8(6-12-11)14(17)18/h1-6,16H,(H,12,13). The molecule has 0 fully saturated rings. The van der Waals surface area contributed by atoms with Gasteiger partial charge >= 0.3 is 5.69 Å². The molecule has 0 saturated carbocycles. The first-order valence-electron chi connectivity index (χ1n) is 5.32. The van der Waals surface area contributed by atoms with E-state index in [1.807, 2.05) is 0 Å². The van der Waals surface area contributed by atoms with Crippen LogP contribution in [0.25, 0.3) is 0 Å². The lowest BCUT2D eigenvalue weighted by Crippen LogP contribution is -2.01. The molecular formula is C11H8N4O5. The fraction of sp³-hybridized carbons (Fsp3) is 0. The van der Waals surface area contributed by atoms with Gasteiger partial charge in [0.15, 0.2) is 0 Å². The number of nitrogens with one attached hydrogen (secondary N) is 1. The van der Waals surface area contributed by atoms with Crippen molar-refractivity contribution in [2.75, 3.05) is 5.32 Å². The van der Waals surface area contributed by atoms with Gasteiger partial charge in [0.1, 0.15) is 11.9 Å². The Balaban J connectivity index is 2.38. The van der Waals surface area contributed by atoms with Crippen LogP contribution in [0.5, 0.6) is 5.75 Å². The second kappa shape index (κ2) is 5.18. The minimum atomic E-state index is -0.761. The molecule has 102 valence electrons. The maximum Gasteiger partial charge on any atom is 0.318 e. The van der Waals surface area contributed by atoms with Crippen LogP contribution in [0.1, 0.15) is 0 Å². The van der Waals surface area contributed by atoms with Gasteiger partial charge in [-0.05, 0) is 24.3 Å². The number of aromatic hydroxyl groups is 1. The minimum Gasteiger partial charge on any atom is -0.508 e. The number of rotatable bonds is 4. The van der Waals surface area contributed by atoms with Crippen LogP contribution in [0.3, 0.4) is 0 Å². The molecule has 0 saturated heterocycles. The number of aromatic nitrogens is 1. The highest BCUT2D eigenvalue weighted by atomic mass is 16.6. The molecular weight excluding hydrogens is 268 g/mol. The summed E-state index contributed by atoms with van der Waals surface area (Å²) >= 11 is 0. The zero-order chi connectivity index (χ0) is 14.7. The number of pyridine rings is 1. The normalized spacial score (nSPS) is 10.0. The van der Waals surface area contributed by atoms with Gasteiger partial charge in [-0.3, -0.25) is 20.2 Å². The van der Waals surface area contributed by atoms with E-state index < -0.39 is 21.2 Å². The van der Waals surface area contributed by atoms with Crippen molar-refractivity contribution in [3.63, 3.8) is 0 Å². The third-order valence-electron chi connectivity index (χ3n) is 2.39. The molecule has 0 bridgehead atoms. The van der Waals surface area contributed by atoms with E-state index in [9.17, 15) is 20.2 Å². The summed E-state index contributed by atoms with van der Waals surface area (Å²) in [6, 6.07) is 6.58. The molecule has 0 radical (unpaired) electrons.